The van der Waals surface area contributed by atoms with Crippen molar-refractivity contribution in [1.82, 2.24) is 5.32 Å². The third-order valence-electron chi connectivity index (χ3n) is 5.68. The van der Waals surface area contributed by atoms with Gasteiger partial charge in [-0.15, -0.1) is 0 Å². The van der Waals surface area contributed by atoms with Gasteiger partial charge in [0.15, 0.2) is 0 Å². The zero-order chi connectivity index (χ0) is 21.1. The van der Waals surface area contributed by atoms with Crippen molar-refractivity contribution < 1.29 is 9.59 Å². The zero-order valence-electron chi connectivity index (χ0n) is 17.6. The largest absolute Gasteiger partial charge is 0.349 e. The Morgan fingerprint density at radius 2 is 1.70 bits per heavy atom. The molecule has 1 aliphatic rings. The highest BCUT2D eigenvalue weighted by Crippen LogP contribution is 2.37. The first-order valence-electron chi connectivity index (χ1n) is 10.7. The second kappa shape index (κ2) is 8.70. The molecule has 1 aliphatic heterocycles. The van der Waals surface area contributed by atoms with Gasteiger partial charge in [-0.05, 0) is 41.8 Å². The van der Waals surface area contributed by atoms with E-state index in [1.807, 2.05) is 59.5 Å². The normalized spacial score (nSPS) is 13.8. The van der Waals surface area contributed by atoms with Gasteiger partial charge in [0.05, 0.1) is 11.7 Å². The van der Waals surface area contributed by atoms with Crippen LogP contribution in [0.3, 0.4) is 0 Å². The lowest BCUT2D eigenvalue weighted by atomic mass is 9.97. The number of carbonyl (C=O) groups is 2. The van der Waals surface area contributed by atoms with Crippen LogP contribution in [0.25, 0.3) is 10.8 Å². The van der Waals surface area contributed by atoms with Gasteiger partial charge in [0.25, 0.3) is 5.91 Å². The molecule has 0 unspecified atom stereocenters. The fourth-order valence-corrected chi connectivity index (χ4v) is 4.30. The van der Waals surface area contributed by atoms with Gasteiger partial charge in [-0.3, -0.25) is 9.59 Å². The second-order valence-corrected chi connectivity index (χ2v) is 8.40. The Hall–Kier alpha value is -3.14. The number of hydrogen-bond donors (Lipinski definition) is 1. The van der Waals surface area contributed by atoms with Crippen molar-refractivity contribution >= 4 is 28.3 Å². The van der Waals surface area contributed by atoms with Gasteiger partial charge in [0.1, 0.15) is 0 Å². The monoisotopic (exact) mass is 400 g/mol. The van der Waals surface area contributed by atoms with Crippen molar-refractivity contribution in [2.75, 3.05) is 11.4 Å². The van der Waals surface area contributed by atoms with E-state index in [1.165, 1.54) is 0 Å². The lowest BCUT2D eigenvalue weighted by Crippen LogP contribution is -2.32. The van der Waals surface area contributed by atoms with Gasteiger partial charge in [0.2, 0.25) is 5.91 Å². The summed E-state index contributed by atoms with van der Waals surface area (Å²) < 4.78 is 0. The van der Waals surface area contributed by atoms with Gasteiger partial charge in [-0.1, -0.05) is 68.4 Å². The summed E-state index contributed by atoms with van der Waals surface area (Å²) >= 11 is 0. The molecular weight excluding hydrogens is 372 g/mol. The maximum Gasteiger partial charge on any atom is 0.258 e. The first-order valence-corrected chi connectivity index (χ1v) is 10.7. The highest BCUT2D eigenvalue weighted by atomic mass is 16.2. The zero-order valence-corrected chi connectivity index (χ0v) is 17.6. The Balaban J connectivity index is 1.38. The van der Waals surface area contributed by atoms with E-state index in [1.54, 1.807) is 0 Å². The van der Waals surface area contributed by atoms with E-state index in [0.717, 1.165) is 34.0 Å². The molecule has 2 amide bonds. The van der Waals surface area contributed by atoms with Gasteiger partial charge in [-0.25, -0.2) is 0 Å². The molecule has 1 N–H and O–H groups in total. The van der Waals surface area contributed by atoms with Crippen LogP contribution in [0.1, 0.15) is 55.1 Å². The molecule has 0 saturated heterocycles. The van der Waals surface area contributed by atoms with Crippen LogP contribution in [0.2, 0.25) is 0 Å². The third-order valence-corrected chi connectivity index (χ3v) is 5.68. The number of nitrogens with one attached hydrogen (secondary N) is 1. The number of hydrogen-bond acceptors (Lipinski definition) is 2. The van der Waals surface area contributed by atoms with E-state index in [0.29, 0.717) is 25.3 Å². The summed E-state index contributed by atoms with van der Waals surface area (Å²) in [4.78, 5) is 27.3. The smallest absolute Gasteiger partial charge is 0.258 e. The van der Waals surface area contributed by atoms with Crippen LogP contribution in [0.15, 0.2) is 66.7 Å². The van der Waals surface area contributed by atoms with E-state index in [4.69, 9.17) is 0 Å². The molecule has 0 radical (unpaired) electrons. The molecule has 4 heteroatoms. The molecule has 0 spiro atoms. The van der Waals surface area contributed by atoms with Crippen LogP contribution in [0.4, 0.5) is 5.69 Å². The molecule has 0 aliphatic carbocycles. The van der Waals surface area contributed by atoms with Crippen molar-refractivity contribution in [3.63, 3.8) is 0 Å². The summed E-state index contributed by atoms with van der Waals surface area (Å²) in [5, 5.41) is 5.30. The maximum atomic E-state index is 12.9. The van der Waals surface area contributed by atoms with Crippen molar-refractivity contribution in [2.45, 2.75) is 39.2 Å². The molecule has 1 atom stereocenters. The number of anilines is 1. The van der Waals surface area contributed by atoms with E-state index in [-0.39, 0.29) is 17.9 Å². The Labute approximate surface area is 177 Å². The number of benzene rings is 3. The summed E-state index contributed by atoms with van der Waals surface area (Å²) in [6, 6.07) is 22.0. The SMILES string of the molecule is CC(C)C[C@H](NC(=O)CCCN1C(=O)c2cccc3cccc1c23)c1ccccc1. The average molecular weight is 401 g/mol. The predicted molar refractivity (Wildman–Crippen MR) is 122 cm³/mol. The van der Waals surface area contributed by atoms with Crippen molar-refractivity contribution in [3.05, 3.63) is 77.9 Å². The Morgan fingerprint density at radius 3 is 2.43 bits per heavy atom. The van der Waals surface area contributed by atoms with Crippen LogP contribution in [0, 0.1) is 5.92 Å². The molecule has 1 heterocycles. The topological polar surface area (TPSA) is 49.4 Å². The minimum absolute atomic E-state index is 0.0186. The minimum atomic E-state index is 0.0186. The Kier molecular flexibility index (Phi) is 5.84. The molecule has 3 aromatic rings. The molecule has 30 heavy (non-hydrogen) atoms. The Bertz CT molecular complexity index is 1050. The number of carbonyl (C=O) groups excluding carboxylic acids is 2. The van der Waals surface area contributed by atoms with Gasteiger partial charge >= 0.3 is 0 Å². The lowest BCUT2D eigenvalue weighted by Gasteiger charge is -2.22. The highest BCUT2D eigenvalue weighted by molar-refractivity contribution is 6.25. The summed E-state index contributed by atoms with van der Waals surface area (Å²) in [5.74, 6) is 0.549. The molecule has 0 saturated carbocycles. The molecule has 3 aromatic carbocycles. The molecule has 4 rings (SSSR count). The van der Waals surface area contributed by atoms with E-state index >= 15 is 0 Å². The van der Waals surface area contributed by atoms with Crippen LogP contribution >= 0.6 is 0 Å². The standard InChI is InChI=1S/C26H28N2O2/c1-18(2)17-22(19-9-4-3-5-10-19)27-24(29)15-8-16-28-23-14-7-12-20-11-6-13-21(25(20)23)26(28)30/h3-7,9-14,18,22H,8,15-17H2,1-2H3,(H,27,29)/t22-/m0/s1. The van der Waals surface area contributed by atoms with E-state index in [9.17, 15) is 9.59 Å². The van der Waals surface area contributed by atoms with E-state index in [2.05, 4.69) is 31.3 Å². The summed E-state index contributed by atoms with van der Waals surface area (Å²) in [6.07, 6.45) is 1.93. The first kappa shape index (κ1) is 20.1. The van der Waals surface area contributed by atoms with Crippen molar-refractivity contribution in [2.24, 2.45) is 5.92 Å². The van der Waals surface area contributed by atoms with Gasteiger partial charge in [0, 0.05) is 23.9 Å². The molecule has 154 valence electrons. The Morgan fingerprint density at radius 1 is 0.967 bits per heavy atom. The van der Waals surface area contributed by atoms with Crippen molar-refractivity contribution in [3.8, 4) is 0 Å². The van der Waals surface area contributed by atoms with E-state index < -0.39 is 0 Å². The molecule has 0 aromatic heterocycles. The average Bonchev–Trinajstić information content (AvgIpc) is 3.02. The third kappa shape index (κ3) is 4.09. The van der Waals surface area contributed by atoms with Crippen LogP contribution < -0.4 is 10.2 Å². The number of nitrogens with zero attached hydrogens (tertiary/aromatic N) is 1. The summed E-state index contributed by atoms with van der Waals surface area (Å²) in [7, 11) is 0. The first-order chi connectivity index (χ1) is 14.5. The van der Waals surface area contributed by atoms with Gasteiger partial charge < -0.3 is 10.2 Å². The number of rotatable bonds is 8. The van der Waals surface area contributed by atoms with Crippen LogP contribution in [-0.4, -0.2) is 18.4 Å². The fraction of sp³-hybridized carbons (Fsp3) is 0.308. The molecule has 4 nitrogen and oxygen atoms in total. The molecule has 0 bridgehead atoms. The van der Waals surface area contributed by atoms with Crippen molar-refractivity contribution in [1.29, 1.82) is 0 Å². The van der Waals surface area contributed by atoms with Crippen LogP contribution in [-0.2, 0) is 4.79 Å². The fourth-order valence-electron chi connectivity index (χ4n) is 4.30. The minimum Gasteiger partial charge on any atom is -0.349 e. The van der Waals surface area contributed by atoms with Gasteiger partial charge in [-0.2, -0.15) is 0 Å². The highest BCUT2D eigenvalue weighted by Gasteiger charge is 2.29. The maximum absolute atomic E-state index is 12.9. The molecule has 0 fully saturated rings. The quantitative estimate of drug-likeness (QED) is 0.544. The molecular formula is C26H28N2O2. The second-order valence-electron chi connectivity index (χ2n) is 8.40. The lowest BCUT2D eigenvalue weighted by molar-refractivity contribution is -0.122. The summed E-state index contributed by atoms with van der Waals surface area (Å²) in [6.45, 7) is 4.87. The predicted octanol–water partition coefficient (Wildman–Crippen LogP) is 5.48. The number of amides is 2. The van der Waals surface area contributed by atoms with Crippen LogP contribution in [0.5, 0.6) is 0 Å². The summed E-state index contributed by atoms with van der Waals surface area (Å²) in [5.41, 5.74) is 2.85.